The van der Waals surface area contributed by atoms with Crippen molar-refractivity contribution in [3.8, 4) is 0 Å². The van der Waals surface area contributed by atoms with Crippen molar-refractivity contribution in [1.82, 2.24) is 10.6 Å². The number of benzene rings is 1. The fourth-order valence-corrected chi connectivity index (χ4v) is 2.10. The van der Waals surface area contributed by atoms with Crippen LogP contribution in [0.2, 0.25) is 0 Å². The summed E-state index contributed by atoms with van der Waals surface area (Å²) < 4.78 is 27.5. The minimum Gasteiger partial charge on any atom is -0.380 e. The van der Waals surface area contributed by atoms with Crippen LogP contribution in [0.3, 0.4) is 0 Å². The van der Waals surface area contributed by atoms with Crippen LogP contribution in [0.25, 0.3) is 0 Å². The Hall–Kier alpha value is -0.910. The van der Waals surface area contributed by atoms with E-state index in [9.17, 15) is 8.42 Å². The second-order valence-electron chi connectivity index (χ2n) is 4.24. The number of ether oxygens (including phenoxy) is 1. The van der Waals surface area contributed by atoms with E-state index in [1.807, 2.05) is 6.92 Å². The fourth-order valence-electron chi connectivity index (χ4n) is 1.59. The Balaban J connectivity index is 0.00000441. The summed E-state index contributed by atoms with van der Waals surface area (Å²) >= 11 is 0. The number of primary sulfonamides is 1. The molecule has 0 heterocycles. The molecule has 0 fully saturated rings. The molecule has 0 radical (unpaired) electrons. The summed E-state index contributed by atoms with van der Waals surface area (Å²) in [5.74, 6) is 0.658. The molecule has 22 heavy (non-hydrogen) atoms. The minimum atomic E-state index is -3.64. The van der Waals surface area contributed by atoms with Crippen LogP contribution in [0.1, 0.15) is 12.5 Å². The molecule has 0 aliphatic rings. The summed E-state index contributed by atoms with van der Waals surface area (Å²) in [7, 11) is -1.96. The number of hydrogen-bond acceptors (Lipinski definition) is 4. The van der Waals surface area contributed by atoms with Crippen molar-refractivity contribution in [1.29, 1.82) is 0 Å². The topological polar surface area (TPSA) is 106 Å². The van der Waals surface area contributed by atoms with Crippen molar-refractivity contribution >= 4 is 40.0 Å². The smallest absolute Gasteiger partial charge is 0.238 e. The molecular formula is C13H23IN4O3S. The summed E-state index contributed by atoms with van der Waals surface area (Å²) in [5, 5.41) is 11.3. The van der Waals surface area contributed by atoms with Gasteiger partial charge in [0.15, 0.2) is 5.96 Å². The van der Waals surface area contributed by atoms with Gasteiger partial charge in [0, 0.05) is 26.7 Å². The molecule has 1 aromatic carbocycles. The van der Waals surface area contributed by atoms with Gasteiger partial charge in [0.2, 0.25) is 10.0 Å². The quantitative estimate of drug-likeness (QED) is 0.249. The van der Waals surface area contributed by atoms with Crippen molar-refractivity contribution in [2.75, 3.05) is 26.8 Å². The van der Waals surface area contributed by atoms with Crippen molar-refractivity contribution in [3.05, 3.63) is 29.8 Å². The lowest BCUT2D eigenvalue weighted by atomic mass is 10.2. The average molecular weight is 442 g/mol. The predicted octanol–water partition coefficient (Wildman–Crippen LogP) is 0.654. The number of nitrogens with two attached hydrogens (primary N) is 1. The zero-order chi connectivity index (χ0) is 15.7. The Morgan fingerprint density at radius 2 is 1.91 bits per heavy atom. The summed E-state index contributed by atoms with van der Waals surface area (Å²) in [4.78, 5) is 4.18. The number of rotatable bonds is 7. The van der Waals surface area contributed by atoms with Crippen LogP contribution in [-0.4, -0.2) is 41.2 Å². The first-order valence-corrected chi connectivity index (χ1v) is 8.16. The molecule has 0 aliphatic heterocycles. The van der Waals surface area contributed by atoms with Crippen LogP contribution in [0.5, 0.6) is 0 Å². The maximum Gasteiger partial charge on any atom is 0.238 e. The molecule has 126 valence electrons. The van der Waals surface area contributed by atoms with Gasteiger partial charge in [-0.25, -0.2) is 13.6 Å². The minimum absolute atomic E-state index is 0. The third-order valence-electron chi connectivity index (χ3n) is 2.68. The molecule has 7 nitrogen and oxygen atoms in total. The number of nitrogens with zero attached hydrogens (tertiary/aromatic N) is 1. The van der Waals surface area contributed by atoms with E-state index < -0.39 is 10.0 Å². The first-order chi connectivity index (χ1) is 9.97. The molecule has 0 saturated heterocycles. The van der Waals surface area contributed by atoms with Gasteiger partial charge in [0.05, 0.1) is 11.5 Å². The SMILES string of the molecule is CCOCCNC(=NC)NCc1ccc(S(N)(=O)=O)cc1.I. The van der Waals surface area contributed by atoms with E-state index in [2.05, 4.69) is 15.6 Å². The third-order valence-corrected chi connectivity index (χ3v) is 3.61. The Bertz CT molecular complexity index is 561. The first kappa shape index (κ1) is 21.1. The van der Waals surface area contributed by atoms with E-state index in [0.717, 1.165) is 5.56 Å². The van der Waals surface area contributed by atoms with Crippen LogP contribution in [0.4, 0.5) is 0 Å². The van der Waals surface area contributed by atoms with Gasteiger partial charge in [-0.2, -0.15) is 0 Å². The van der Waals surface area contributed by atoms with Gasteiger partial charge in [0.25, 0.3) is 0 Å². The standard InChI is InChI=1S/C13H22N4O3S.HI/c1-3-20-9-8-16-13(15-2)17-10-11-4-6-12(7-5-11)21(14,18)19;/h4-7H,3,8-10H2,1-2H3,(H2,14,18,19)(H2,15,16,17);1H. The molecular weight excluding hydrogens is 419 g/mol. The molecule has 0 amide bonds. The van der Waals surface area contributed by atoms with Crippen molar-refractivity contribution in [3.63, 3.8) is 0 Å². The summed E-state index contributed by atoms with van der Waals surface area (Å²) in [6.07, 6.45) is 0. The normalized spacial score (nSPS) is 11.7. The highest BCUT2D eigenvalue weighted by molar-refractivity contribution is 14.0. The van der Waals surface area contributed by atoms with Crippen molar-refractivity contribution in [2.24, 2.45) is 10.1 Å². The lowest BCUT2D eigenvalue weighted by Gasteiger charge is -2.12. The first-order valence-electron chi connectivity index (χ1n) is 6.61. The average Bonchev–Trinajstić information content (AvgIpc) is 2.46. The lowest BCUT2D eigenvalue weighted by Crippen LogP contribution is -2.38. The molecule has 0 bridgehead atoms. The van der Waals surface area contributed by atoms with E-state index in [-0.39, 0.29) is 28.9 Å². The van der Waals surface area contributed by atoms with Crippen LogP contribution in [-0.2, 0) is 21.3 Å². The Morgan fingerprint density at radius 3 is 2.41 bits per heavy atom. The van der Waals surface area contributed by atoms with E-state index in [1.54, 1.807) is 19.2 Å². The highest BCUT2D eigenvalue weighted by Crippen LogP contribution is 2.08. The van der Waals surface area contributed by atoms with Gasteiger partial charge in [-0.15, -0.1) is 24.0 Å². The molecule has 4 N–H and O–H groups in total. The number of sulfonamides is 1. The van der Waals surface area contributed by atoms with Gasteiger partial charge in [-0.1, -0.05) is 12.1 Å². The number of aliphatic imine (C=N–C) groups is 1. The van der Waals surface area contributed by atoms with E-state index in [4.69, 9.17) is 9.88 Å². The zero-order valence-electron chi connectivity index (χ0n) is 12.7. The van der Waals surface area contributed by atoms with E-state index in [0.29, 0.717) is 32.3 Å². The van der Waals surface area contributed by atoms with Crippen LogP contribution < -0.4 is 15.8 Å². The summed E-state index contributed by atoms with van der Waals surface area (Å²) in [6, 6.07) is 6.38. The highest BCUT2D eigenvalue weighted by atomic mass is 127. The monoisotopic (exact) mass is 442 g/mol. The molecule has 0 atom stereocenters. The molecule has 1 aromatic rings. The fraction of sp³-hybridized carbons (Fsp3) is 0.462. The third kappa shape index (κ3) is 7.92. The number of guanidine groups is 1. The number of halogens is 1. The van der Waals surface area contributed by atoms with Crippen molar-refractivity contribution in [2.45, 2.75) is 18.4 Å². The van der Waals surface area contributed by atoms with Gasteiger partial charge in [0.1, 0.15) is 0 Å². The van der Waals surface area contributed by atoms with Gasteiger partial charge >= 0.3 is 0 Å². The second kappa shape index (κ2) is 10.8. The van der Waals surface area contributed by atoms with Crippen molar-refractivity contribution < 1.29 is 13.2 Å². The number of hydrogen-bond donors (Lipinski definition) is 3. The van der Waals surface area contributed by atoms with E-state index in [1.165, 1.54) is 12.1 Å². The number of nitrogens with one attached hydrogen (secondary N) is 2. The zero-order valence-corrected chi connectivity index (χ0v) is 15.9. The maximum absolute atomic E-state index is 11.1. The predicted molar refractivity (Wildman–Crippen MR) is 97.9 cm³/mol. The largest absolute Gasteiger partial charge is 0.380 e. The molecule has 1 rings (SSSR count). The molecule has 0 spiro atoms. The second-order valence-corrected chi connectivity index (χ2v) is 5.80. The Kier molecular flexibility index (Phi) is 10.3. The summed E-state index contributed by atoms with van der Waals surface area (Å²) in [6.45, 7) is 4.43. The van der Waals surface area contributed by atoms with Crippen LogP contribution in [0.15, 0.2) is 34.2 Å². The lowest BCUT2D eigenvalue weighted by molar-refractivity contribution is 0.152. The Labute approximate surface area is 148 Å². The molecule has 0 unspecified atom stereocenters. The van der Waals surface area contributed by atoms with Gasteiger partial charge in [-0.05, 0) is 24.6 Å². The summed E-state index contributed by atoms with van der Waals surface area (Å²) in [5.41, 5.74) is 0.926. The molecule has 0 saturated carbocycles. The van der Waals surface area contributed by atoms with Gasteiger partial charge in [-0.3, -0.25) is 4.99 Å². The Morgan fingerprint density at radius 1 is 1.27 bits per heavy atom. The molecule has 0 aromatic heterocycles. The van der Waals surface area contributed by atoms with Crippen LogP contribution in [0, 0.1) is 0 Å². The van der Waals surface area contributed by atoms with Gasteiger partial charge < -0.3 is 15.4 Å². The van der Waals surface area contributed by atoms with E-state index >= 15 is 0 Å². The highest BCUT2D eigenvalue weighted by Gasteiger charge is 2.06. The molecule has 9 heteroatoms. The molecule has 0 aliphatic carbocycles. The maximum atomic E-state index is 11.1. The van der Waals surface area contributed by atoms with Crippen LogP contribution >= 0.6 is 24.0 Å².